The lowest BCUT2D eigenvalue weighted by atomic mass is 10.1. The molecule has 3 rings (SSSR count). The number of amides is 2. The van der Waals surface area contributed by atoms with Gasteiger partial charge in [0.05, 0.1) is 20.6 Å². The van der Waals surface area contributed by atoms with Gasteiger partial charge in [-0.05, 0) is 41.0 Å². The average Bonchev–Trinajstić information content (AvgIpc) is 2.88. The van der Waals surface area contributed by atoms with Crippen LogP contribution in [-0.4, -0.2) is 38.0 Å². The van der Waals surface area contributed by atoms with Gasteiger partial charge < -0.3 is 20.1 Å². The van der Waals surface area contributed by atoms with E-state index in [0.717, 1.165) is 11.1 Å². The van der Waals surface area contributed by atoms with Crippen molar-refractivity contribution >= 4 is 17.8 Å². The van der Waals surface area contributed by atoms with E-state index in [1.165, 1.54) is 26.4 Å². The van der Waals surface area contributed by atoms with Gasteiger partial charge >= 0.3 is 0 Å². The van der Waals surface area contributed by atoms with Gasteiger partial charge in [0.1, 0.15) is 11.9 Å². The Morgan fingerprint density at radius 3 is 2.22 bits per heavy atom. The van der Waals surface area contributed by atoms with E-state index in [4.69, 9.17) is 14.9 Å². The van der Waals surface area contributed by atoms with Crippen LogP contribution in [0.1, 0.15) is 16.7 Å². The highest BCUT2D eigenvalue weighted by atomic mass is 19.1. The summed E-state index contributed by atoms with van der Waals surface area (Å²) in [4.78, 5) is 25.5. The Hall–Kier alpha value is -4.40. The number of guanidine groups is 1. The van der Waals surface area contributed by atoms with Gasteiger partial charge in [-0.1, -0.05) is 48.5 Å². The van der Waals surface area contributed by atoms with Gasteiger partial charge in [-0.2, -0.15) is 0 Å². The summed E-state index contributed by atoms with van der Waals surface area (Å²) >= 11 is 0. The average molecular weight is 493 g/mol. The highest BCUT2D eigenvalue weighted by Crippen LogP contribution is 2.27. The number of carbonyl (C=O) groups excluding carboxylic acids is 2. The number of hydrogen-bond donors (Lipinski definition) is 4. The lowest BCUT2D eigenvalue weighted by molar-refractivity contribution is -0.123. The zero-order valence-electron chi connectivity index (χ0n) is 20.1. The largest absolute Gasteiger partial charge is 0.493 e. The quantitative estimate of drug-likeness (QED) is 0.257. The summed E-state index contributed by atoms with van der Waals surface area (Å²) in [5, 5.41) is 16.3. The molecule has 0 aromatic heterocycles. The fourth-order valence-corrected chi connectivity index (χ4v) is 3.54. The third kappa shape index (κ3) is 7.83. The number of halogens is 1. The monoisotopic (exact) mass is 492 g/mol. The summed E-state index contributed by atoms with van der Waals surface area (Å²) < 4.78 is 23.6. The van der Waals surface area contributed by atoms with Gasteiger partial charge in [-0.3, -0.25) is 20.3 Å². The standard InChI is InChI=1S/C27H29FN4O4/c1-35-23-13-10-20(15-24(23)36-2)16-25(33)32-27(29)31-22(14-18-6-4-3-5-7-18)26(34)30-17-19-8-11-21(28)12-9-19/h3-13,15,22H,14,16-17H2,1-2H3,(H,30,34)(H3,29,31,32,33)/t22-/m1/s1. The molecule has 0 fully saturated rings. The van der Waals surface area contributed by atoms with Crippen LogP contribution in [0.5, 0.6) is 11.5 Å². The van der Waals surface area contributed by atoms with Crippen LogP contribution in [0.4, 0.5) is 4.39 Å². The topological polar surface area (TPSA) is 113 Å². The summed E-state index contributed by atoms with van der Waals surface area (Å²) in [6.45, 7) is 0.199. The molecule has 4 N–H and O–H groups in total. The Kier molecular flexibility index (Phi) is 9.39. The fraction of sp³-hybridized carbons (Fsp3) is 0.222. The van der Waals surface area contributed by atoms with E-state index in [1.807, 2.05) is 30.3 Å². The van der Waals surface area contributed by atoms with Gasteiger partial charge in [0.15, 0.2) is 17.5 Å². The van der Waals surface area contributed by atoms with E-state index in [1.54, 1.807) is 30.3 Å². The number of nitrogens with one attached hydrogen (secondary N) is 4. The van der Waals surface area contributed by atoms with E-state index < -0.39 is 11.9 Å². The first-order valence-electron chi connectivity index (χ1n) is 11.3. The van der Waals surface area contributed by atoms with E-state index in [0.29, 0.717) is 23.5 Å². The Balaban J connectivity index is 1.62. The summed E-state index contributed by atoms with van der Waals surface area (Å²) in [5.41, 5.74) is 2.30. The van der Waals surface area contributed by atoms with Crippen molar-refractivity contribution in [1.29, 1.82) is 5.41 Å². The number of rotatable bonds is 10. The highest BCUT2D eigenvalue weighted by Gasteiger charge is 2.21. The van der Waals surface area contributed by atoms with Crippen molar-refractivity contribution in [3.63, 3.8) is 0 Å². The first-order chi connectivity index (χ1) is 17.4. The molecule has 2 amide bonds. The maximum absolute atomic E-state index is 13.1. The summed E-state index contributed by atoms with van der Waals surface area (Å²) in [7, 11) is 3.04. The second kappa shape index (κ2) is 12.9. The maximum atomic E-state index is 13.1. The minimum absolute atomic E-state index is 0.00449. The van der Waals surface area contributed by atoms with Gasteiger partial charge in [0, 0.05) is 13.0 Å². The molecule has 188 valence electrons. The molecular weight excluding hydrogens is 463 g/mol. The molecule has 3 aromatic rings. The van der Waals surface area contributed by atoms with Crippen LogP contribution in [0.25, 0.3) is 0 Å². The van der Waals surface area contributed by atoms with Crippen LogP contribution in [0.3, 0.4) is 0 Å². The molecular formula is C27H29FN4O4. The van der Waals surface area contributed by atoms with Gasteiger partial charge in [0.2, 0.25) is 11.8 Å². The maximum Gasteiger partial charge on any atom is 0.243 e. The second-order valence-corrected chi connectivity index (χ2v) is 8.02. The summed E-state index contributed by atoms with van der Waals surface area (Å²) in [6, 6.07) is 19.5. The summed E-state index contributed by atoms with van der Waals surface area (Å²) in [5.74, 6) is -0.389. The zero-order chi connectivity index (χ0) is 25.9. The number of methoxy groups -OCH3 is 2. The molecule has 0 radical (unpaired) electrons. The number of carbonyl (C=O) groups is 2. The molecule has 9 heteroatoms. The number of hydrogen-bond acceptors (Lipinski definition) is 5. The van der Waals surface area contributed by atoms with E-state index >= 15 is 0 Å². The van der Waals surface area contributed by atoms with Gasteiger partial charge in [-0.25, -0.2) is 4.39 Å². The molecule has 0 unspecified atom stereocenters. The van der Waals surface area contributed by atoms with Crippen LogP contribution in [-0.2, 0) is 29.0 Å². The molecule has 0 aliphatic heterocycles. The predicted molar refractivity (Wildman–Crippen MR) is 134 cm³/mol. The Bertz CT molecular complexity index is 1190. The summed E-state index contributed by atoms with van der Waals surface area (Å²) in [6.07, 6.45) is 0.300. The predicted octanol–water partition coefficient (Wildman–Crippen LogP) is 2.95. The van der Waals surface area contributed by atoms with E-state index in [-0.39, 0.29) is 30.6 Å². The molecule has 0 heterocycles. The number of ether oxygens (including phenoxy) is 2. The van der Waals surface area contributed by atoms with Gasteiger partial charge in [-0.15, -0.1) is 0 Å². The molecule has 0 bridgehead atoms. The van der Waals surface area contributed by atoms with E-state index in [2.05, 4.69) is 16.0 Å². The normalized spacial score (nSPS) is 11.2. The fourth-order valence-electron chi connectivity index (χ4n) is 3.54. The minimum Gasteiger partial charge on any atom is -0.493 e. The van der Waals surface area contributed by atoms with Crippen LogP contribution in [0, 0.1) is 11.2 Å². The van der Waals surface area contributed by atoms with Crippen molar-refractivity contribution in [3.05, 3.63) is 95.3 Å². The molecule has 3 aromatic carbocycles. The SMILES string of the molecule is COc1ccc(CC(=O)NC(=N)N[C@H](Cc2ccccc2)C(=O)NCc2ccc(F)cc2)cc1OC. The molecule has 0 aliphatic carbocycles. The Morgan fingerprint density at radius 1 is 0.889 bits per heavy atom. The molecule has 0 saturated carbocycles. The van der Waals surface area contributed by atoms with Crippen molar-refractivity contribution in [2.24, 2.45) is 0 Å². The Labute approximate surface area is 209 Å². The smallest absolute Gasteiger partial charge is 0.243 e. The molecule has 8 nitrogen and oxygen atoms in total. The molecule has 0 saturated heterocycles. The molecule has 36 heavy (non-hydrogen) atoms. The van der Waals surface area contributed by atoms with Crippen molar-refractivity contribution in [2.75, 3.05) is 14.2 Å². The first kappa shape index (κ1) is 26.2. The number of benzene rings is 3. The molecule has 0 aliphatic rings. The van der Waals surface area contributed by atoms with Crippen molar-refractivity contribution in [3.8, 4) is 11.5 Å². The zero-order valence-corrected chi connectivity index (χ0v) is 20.1. The van der Waals surface area contributed by atoms with Crippen LogP contribution >= 0.6 is 0 Å². The molecule has 1 atom stereocenters. The van der Waals surface area contributed by atoms with Gasteiger partial charge in [0.25, 0.3) is 0 Å². The van der Waals surface area contributed by atoms with Crippen LogP contribution in [0.15, 0.2) is 72.8 Å². The van der Waals surface area contributed by atoms with E-state index in [9.17, 15) is 14.0 Å². The van der Waals surface area contributed by atoms with Crippen LogP contribution < -0.4 is 25.4 Å². The second-order valence-electron chi connectivity index (χ2n) is 8.02. The lowest BCUT2D eigenvalue weighted by Gasteiger charge is -2.20. The van der Waals surface area contributed by atoms with Crippen molar-refractivity contribution in [2.45, 2.75) is 25.4 Å². The van der Waals surface area contributed by atoms with Crippen LogP contribution in [0.2, 0.25) is 0 Å². The third-order valence-electron chi connectivity index (χ3n) is 5.37. The Morgan fingerprint density at radius 2 is 1.56 bits per heavy atom. The third-order valence-corrected chi connectivity index (χ3v) is 5.37. The first-order valence-corrected chi connectivity index (χ1v) is 11.3. The van der Waals surface area contributed by atoms with Crippen molar-refractivity contribution < 1.29 is 23.5 Å². The highest BCUT2D eigenvalue weighted by molar-refractivity contribution is 5.98. The van der Waals surface area contributed by atoms with Crippen molar-refractivity contribution in [1.82, 2.24) is 16.0 Å². The molecule has 0 spiro atoms. The lowest BCUT2D eigenvalue weighted by Crippen LogP contribution is -2.52. The minimum atomic E-state index is -0.818.